The fraction of sp³-hybridized carbons (Fsp3) is 0.429. The summed E-state index contributed by atoms with van der Waals surface area (Å²) in [5, 5.41) is 0. The molecule has 0 aromatic rings. The molecule has 0 aliphatic carbocycles. The SMILES string of the molecule is CC(=CCl)OP(=O)(OC=C(Cl)Cl)N(C)C. The first-order valence-electron chi connectivity index (χ1n) is 3.76. The van der Waals surface area contributed by atoms with Crippen LogP contribution in [-0.4, -0.2) is 18.8 Å². The summed E-state index contributed by atoms with van der Waals surface area (Å²) < 4.78 is 23.0. The third-order valence-electron chi connectivity index (χ3n) is 1.18. The molecule has 0 saturated carbocycles. The lowest BCUT2D eigenvalue weighted by molar-refractivity contribution is 0.259. The van der Waals surface area contributed by atoms with Gasteiger partial charge in [-0.15, -0.1) is 0 Å². The summed E-state index contributed by atoms with van der Waals surface area (Å²) in [4.78, 5) is 0. The van der Waals surface area contributed by atoms with E-state index in [1.54, 1.807) is 6.92 Å². The number of nitrogens with zero attached hydrogens (tertiary/aromatic N) is 1. The van der Waals surface area contributed by atoms with E-state index in [1.807, 2.05) is 0 Å². The third kappa shape index (κ3) is 5.69. The lowest BCUT2D eigenvalue weighted by Gasteiger charge is -2.22. The van der Waals surface area contributed by atoms with Gasteiger partial charge >= 0.3 is 7.75 Å². The Hall–Kier alpha value is 0.140. The normalized spacial score (nSPS) is 15.8. The number of hydrogen-bond acceptors (Lipinski definition) is 3. The first-order valence-corrected chi connectivity index (χ1v) is 6.44. The van der Waals surface area contributed by atoms with Crippen LogP contribution in [0.3, 0.4) is 0 Å². The zero-order chi connectivity index (χ0) is 12.1. The van der Waals surface area contributed by atoms with E-state index < -0.39 is 7.75 Å². The molecule has 0 spiro atoms. The van der Waals surface area contributed by atoms with Crippen LogP contribution in [0.25, 0.3) is 0 Å². The maximum atomic E-state index is 12.0. The van der Waals surface area contributed by atoms with Gasteiger partial charge in [0.25, 0.3) is 0 Å². The number of halogens is 3. The van der Waals surface area contributed by atoms with Gasteiger partial charge < -0.3 is 9.05 Å². The Balaban J connectivity index is 4.76. The van der Waals surface area contributed by atoms with Crippen LogP contribution in [0, 0.1) is 0 Å². The highest BCUT2D eigenvalue weighted by Crippen LogP contribution is 2.52. The Labute approximate surface area is 104 Å². The Morgan fingerprint density at radius 1 is 1.40 bits per heavy atom. The van der Waals surface area contributed by atoms with Gasteiger partial charge in [-0.1, -0.05) is 34.8 Å². The number of rotatable bonds is 5. The summed E-state index contributed by atoms with van der Waals surface area (Å²) in [5.41, 5.74) is 1.14. The molecule has 8 heteroatoms. The van der Waals surface area contributed by atoms with Crippen molar-refractivity contribution in [1.29, 1.82) is 0 Å². The highest BCUT2D eigenvalue weighted by Gasteiger charge is 2.30. The molecule has 1 atom stereocenters. The van der Waals surface area contributed by atoms with Crippen LogP contribution in [0.15, 0.2) is 22.0 Å². The summed E-state index contributed by atoms with van der Waals surface area (Å²) in [6.45, 7) is 1.54. The lowest BCUT2D eigenvalue weighted by Crippen LogP contribution is -2.11. The molecule has 15 heavy (non-hydrogen) atoms. The number of hydrogen-bond donors (Lipinski definition) is 0. The van der Waals surface area contributed by atoms with Crippen molar-refractivity contribution in [1.82, 2.24) is 4.67 Å². The highest BCUT2D eigenvalue weighted by molar-refractivity contribution is 7.51. The second-order valence-electron chi connectivity index (χ2n) is 2.64. The topological polar surface area (TPSA) is 38.8 Å². The monoisotopic (exact) mass is 293 g/mol. The van der Waals surface area contributed by atoms with E-state index in [0.717, 1.165) is 11.8 Å². The molecule has 0 bridgehead atoms. The van der Waals surface area contributed by atoms with E-state index in [2.05, 4.69) is 0 Å². The van der Waals surface area contributed by atoms with Crippen LogP contribution >= 0.6 is 42.5 Å². The van der Waals surface area contributed by atoms with Gasteiger partial charge in [-0.2, -0.15) is 4.67 Å². The Morgan fingerprint density at radius 2 is 1.93 bits per heavy atom. The minimum absolute atomic E-state index is 0.159. The maximum Gasteiger partial charge on any atom is 0.514 e. The van der Waals surface area contributed by atoms with Gasteiger partial charge in [-0.25, -0.2) is 4.57 Å². The summed E-state index contributed by atoms with van der Waals surface area (Å²) in [6, 6.07) is 0. The molecule has 0 aliphatic heterocycles. The second-order valence-corrected chi connectivity index (χ2v) is 6.00. The summed E-state index contributed by atoms with van der Waals surface area (Å²) >= 11 is 16.0. The van der Waals surface area contributed by atoms with E-state index in [1.165, 1.54) is 18.8 Å². The summed E-state index contributed by atoms with van der Waals surface area (Å²) in [6.07, 6.45) is 0.936. The van der Waals surface area contributed by atoms with Crippen molar-refractivity contribution in [2.24, 2.45) is 0 Å². The predicted molar refractivity (Wildman–Crippen MR) is 62.9 cm³/mol. The summed E-state index contributed by atoms with van der Waals surface area (Å²) in [5.74, 6) is 0.257. The maximum absolute atomic E-state index is 12.0. The van der Waals surface area contributed by atoms with Crippen molar-refractivity contribution < 1.29 is 13.6 Å². The molecule has 0 N–H and O–H groups in total. The molecule has 0 heterocycles. The molecule has 0 saturated heterocycles. The molecule has 0 aromatic heterocycles. The Bertz CT molecular complexity index is 313. The van der Waals surface area contributed by atoms with E-state index >= 15 is 0 Å². The molecule has 0 radical (unpaired) electrons. The van der Waals surface area contributed by atoms with Crippen molar-refractivity contribution >= 4 is 42.5 Å². The Morgan fingerprint density at radius 3 is 2.27 bits per heavy atom. The van der Waals surface area contributed by atoms with Crippen molar-refractivity contribution in [3.8, 4) is 0 Å². The zero-order valence-electron chi connectivity index (χ0n) is 8.41. The van der Waals surface area contributed by atoms with E-state index in [-0.39, 0.29) is 10.3 Å². The molecule has 1 unspecified atom stereocenters. The highest BCUT2D eigenvalue weighted by atomic mass is 35.5. The molecule has 88 valence electrons. The van der Waals surface area contributed by atoms with Gasteiger partial charge in [0.2, 0.25) is 0 Å². The first kappa shape index (κ1) is 15.1. The van der Waals surface area contributed by atoms with Gasteiger partial charge in [0.15, 0.2) is 0 Å². The van der Waals surface area contributed by atoms with Gasteiger partial charge in [0.1, 0.15) is 16.5 Å². The average Bonchev–Trinajstić information content (AvgIpc) is 2.14. The van der Waals surface area contributed by atoms with E-state index in [4.69, 9.17) is 43.9 Å². The van der Waals surface area contributed by atoms with Crippen LogP contribution in [-0.2, 0) is 13.6 Å². The average molecular weight is 295 g/mol. The molecule has 0 aliphatic rings. The smallest absolute Gasteiger partial charge is 0.410 e. The minimum atomic E-state index is -3.48. The second kappa shape index (κ2) is 6.66. The quantitative estimate of drug-likeness (QED) is 0.566. The van der Waals surface area contributed by atoms with Crippen LogP contribution in [0.1, 0.15) is 6.92 Å². The van der Waals surface area contributed by atoms with Crippen molar-refractivity contribution in [2.75, 3.05) is 14.1 Å². The fourth-order valence-electron chi connectivity index (χ4n) is 0.506. The minimum Gasteiger partial charge on any atom is -0.410 e. The molecule has 4 nitrogen and oxygen atoms in total. The van der Waals surface area contributed by atoms with Gasteiger partial charge in [0.05, 0.1) is 0 Å². The third-order valence-corrected chi connectivity index (χ3v) is 3.53. The van der Waals surface area contributed by atoms with Gasteiger partial charge in [-0.05, 0) is 21.0 Å². The van der Waals surface area contributed by atoms with E-state index in [9.17, 15) is 4.57 Å². The van der Waals surface area contributed by atoms with Crippen LogP contribution in [0.2, 0.25) is 0 Å². The summed E-state index contributed by atoms with van der Waals surface area (Å²) in [7, 11) is -0.430. The van der Waals surface area contributed by atoms with Crippen molar-refractivity contribution in [2.45, 2.75) is 6.92 Å². The van der Waals surface area contributed by atoms with Crippen LogP contribution in [0.5, 0.6) is 0 Å². The predicted octanol–water partition coefficient (Wildman–Crippen LogP) is 4.07. The van der Waals surface area contributed by atoms with Gasteiger partial charge in [0, 0.05) is 5.54 Å². The molecule has 0 fully saturated rings. The molecule has 0 aromatic carbocycles. The molecule has 0 rings (SSSR count). The molecular weight excluding hydrogens is 283 g/mol. The van der Waals surface area contributed by atoms with Crippen molar-refractivity contribution in [3.63, 3.8) is 0 Å². The Kier molecular flexibility index (Phi) is 6.73. The van der Waals surface area contributed by atoms with Crippen molar-refractivity contribution in [3.05, 3.63) is 22.0 Å². The largest absolute Gasteiger partial charge is 0.514 e. The first-order chi connectivity index (χ1) is 6.81. The van der Waals surface area contributed by atoms with Crippen LogP contribution < -0.4 is 0 Å². The number of allylic oxidation sites excluding steroid dienone is 1. The molecular formula is C7H11Cl3NO3P. The zero-order valence-corrected chi connectivity index (χ0v) is 11.6. The lowest BCUT2D eigenvalue weighted by atomic mass is 10.7. The van der Waals surface area contributed by atoms with Crippen LogP contribution in [0.4, 0.5) is 0 Å². The van der Waals surface area contributed by atoms with Gasteiger partial charge in [-0.3, -0.25) is 0 Å². The standard InChI is InChI=1S/C7H11Cl3NO3P/c1-6(4-8)14-15(12,11(2)3)13-5-7(9)10/h4-5H,1-3H3. The fourth-order valence-corrected chi connectivity index (χ4v) is 1.88. The van der Waals surface area contributed by atoms with E-state index in [0.29, 0.717) is 0 Å². The molecule has 0 amide bonds.